The van der Waals surface area contributed by atoms with Gasteiger partial charge in [0.05, 0.1) is 19.1 Å². The number of carbonyl (C=O) groups excluding carboxylic acids is 1. The van der Waals surface area contributed by atoms with Gasteiger partial charge in [-0.15, -0.1) is 0 Å². The molecule has 3 rings (SSSR count). The van der Waals surface area contributed by atoms with Crippen molar-refractivity contribution in [1.29, 1.82) is 0 Å². The Kier molecular flexibility index (Phi) is 2.54. The maximum atomic E-state index is 12.2. The fourth-order valence-corrected chi connectivity index (χ4v) is 3.75. The van der Waals surface area contributed by atoms with E-state index in [9.17, 15) is 4.79 Å². The van der Waals surface area contributed by atoms with E-state index in [4.69, 9.17) is 9.47 Å². The van der Waals surface area contributed by atoms with Crippen LogP contribution in [-0.2, 0) is 0 Å². The molecule has 1 unspecified atom stereocenters. The molecule has 4 heteroatoms. The lowest BCUT2D eigenvalue weighted by Gasteiger charge is -2.34. The van der Waals surface area contributed by atoms with Crippen LogP contribution in [0.15, 0.2) is 18.2 Å². The Morgan fingerprint density at radius 3 is 3.06 bits per heavy atom. The van der Waals surface area contributed by atoms with Crippen LogP contribution in [0.4, 0.5) is 0 Å². The summed E-state index contributed by atoms with van der Waals surface area (Å²) in [5, 5.41) is 0. The van der Waals surface area contributed by atoms with E-state index in [1.165, 1.54) is 0 Å². The summed E-state index contributed by atoms with van der Waals surface area (Å²) in [6, 6.07) is 5.45. The van der Waals surface area contributed by atoms with Gasteiger partial charge in [0.1, 0.15) is 17.1 Å². The molecule has 3 nitrogen and oxygen atoms in total. The van der Waals surface area contributed by atoms with Gasteiger partial charge in [0.25, 0.3) is 0 Å². The van der Waals surface area contributed by atoms with Crippen molar-refractivity contribution in [2.45, 2.75) is 18.4 Å². The van der Waals surface area contributed by atoms with Gasteiger partial charge in [-0.1, -0.05) is 0 Å². The van der Waals surface area contributed by atoms with Gasteiger partial charge in [-0.25, -0.2) is 0 Å². The summed E-state index contributed by atoms with van der Waals surface area (Å²) in [6.45, 7) is 0. The Balaban J connectivity index is 1.99. The van der Waals surface area contributed by atoms with E-state index < -0.39 is 0 Å². The molecule has 1 aromatic rings. The monoisotopic (exact) mass is 250 g/mol. The van der Waals surface area contributed by atoms with Gasteiger partial charge in [-0.3, -0.25) is 4.79 Å². The highest BCUT2D eigenvalue weighted by Gasteiger charge is 2.43. The molecule has 0 N–H and O–H groups in total. The molecule has 0 saturated carbocycles. The summed E-state index contributed by atoms with van der Waals surface area (Å²) >= 11 is 1.86. The molecule has 17 heavy (non-hydrogen) atoms. The molecule has 90 valence electrons. The number of ketones is 1. The largest absolute Gasteiger partial charge is 0.497 e. The number of ether oxygens (including phenoxy) is 2. The van der Waals surface area contributed by atoms with E-state index in [0.717, 1.165) is 17.9 Å². The number of thioether (sulfide) groups is 1. The van der Waals surface area contributed by atoms with Crippen molar-refractivity contribution in [1.82, 2.24) is 0 Å². The molecule has 1 fully saturated rings. The van der Waals surface area contributed by atoms with Gasteiger partial charge in [0.2, 0.25) is 0 Å². The van der Waals surface area contributed by atoms with Gasteiger partial charge in [0, 0.05) is 5.75 Å². The predicted molar refractivity (Wildman–Crippen MR) is 67.2 cm³/mol. The summed E-state index contributed by atoms with van der Waals surface area (Å²) in [7, 11) is 1.60. The van der Waals surface area contributed by atoms with Gasteiger partial charge in [-0.2, -0.15) is 11.8 Å². The highest BCUT2D eigenvalue weighted by molar-refractivity contribution is 7.99. The first-order valence-electron chi connectivity index (χ1n) is 5.70. The van der Waals surface area contributed by atoms with Crippen LogP contribution in [-0.4, -0.2) is 30.0 Å². The number of benzene rings is 1. The number of methoxy groups -OCH3 is 1. The van der Waals surface area contributed by atoms with Crippen LogP contribution in [0, 0.1) is 0 Å². The third-order valence-corrected chi connectivity index (χ3v) is 4.59. The SMILES string of the molecule is COc1ccc2c(c1)C(=O)CC1(CCSC1)O2. The first-order chi connectivity index (χ1) is 8.22. The predicted octanol–water partition coefficient (Wildman–Crippen LogP) is 2.54. The second kappa shape index (κ2) is 3.95. The highest BCUT2D eigenvalue weighted by Crippen LogP contribution is 2.42. The van der Waals surface area contributed by atoms with Crippen molar-refractivity contribution in [3.63, 3.8) is 0 Å². The van der Waals surface area contributed by atoms with E-state index >= 15 is 0 Å². The second-order valence-corrected chi connectivity index (χ2v) is 5.65. The van der Waals surface area contributed by atoms with Crippen LogP contribution in [0.5, 0.6) is 11.5 Å². The number of hydrogen-bond donors (Lipinski definition) is 0. The smallest absolute Gasteiger partial charge is 0.170 e. The molecule has 0 radical (unpaired) electrons. The van der Waals surface area contributed by atoms with Crippen LogP contribution < -0.4 is 9.47 Å². The van der Waals surface area contributed by atoms with Crippen molar-refractivity contribution in [3.05, 3.63) is 23.8 Å². The molecule has 1 spiro atoms. The molecular weight excluding hydrogens is 236 g/mol. The molecule has 0 aliphatic carbocycles. The average molecular weight is 250 g/mol. The maximum absolute atomic E-state index is 12.2. The third kappa shape index (κ3) is 1.80. The lowest BCUT2D eigenvalue weighted by molar-refractivity contribution is 0.0562. The van der Waals surface area contributed by atoms with Crippen LogP contribution in [0.25, 0.3) is 0 Å². The number of fused-ring (bicyclic) bond motifs is 1. The number of Topliss-reactive ketones (excluding diaryl/α,β-unsaturated/α-hetero) is 1. The van der Waals surface area contributed by atoms with Crippen molar-refractivity contribution >= 4 is 17.5 Å². The Hall–Kier alpha value is -1.16. The zero-order chi connectivity index (χ0) is 11.9. The molecule has 2 aliphatic heterocycles. The maximum Gasteiger partial charge on any atom is 0.170 e. The Labute approximate surface area is 104 Å². The van der Waals surface area contributed by atoms with Gasteiger partial charge >= 0.3 is 0 Å². The number of carbonyl (C=O) groups is 1. The van der Waals surface area contributed by atoms with Crippen molar-refractivity contribution in [2.24, 2.45) is 0 Å². The van der Waals surface area contributed by atoms with Gasteiger partial charge in [-0.05, 0) is 30.4 Å². The molecule has 1 aromatic carbocycles. The molecule has 0 aromatic heterocycles. The summed E-state index contributed by atoms with van der Waals surface area (Å²) in [4.78, 5) is 12.2. The number of rotatable bonds is 1. The van der Waals surface area contributed by atoms with Crippen molar-refractivity contribution < 1.29 is 14.3 Å². The minimum Gasteiger partial charge on any atom is -0.497 e. The lowest BCUT2D eigenvalue weighted by Crippen LogP contribution is -2.41. The summed E-state index contributed by atoms with van der Waals surface area (Å²) in [6.07, 6.45) is 1.47. The van der Waals surface area contributed by atoms with E-state index in [2.05, 4.69) is 0 Å². The first kappa shape index (κ1) is 11.0. The van der Waals surface area contributed by atoms with E-state index in [1.54, 1.807) is 13.2 Å². The molecule has 1 atom stereocenters. The summed E-state index contributed by atoms with van der Waals surface area (Å²) in [5.41, 5.74) is 0.412. The Bertz CT molecular complexity index is 464. The molecule has 2 heterocycles. The summed E-state index contributed by atoms with van der Waals surface area (Å²) < 4.78 is 11.2. The van der Waals surface area contributed by atoms with Crippen molar-refractivity contribution in [3.8, 4) is 11.5 Å². The number of hydrogen-bond acceptors (Lipinski definition) is 4. The minimum absolute atomic E-state index is 0.174. The Morgan fingerprint density at radius 1 is 1.47 bits per heavy atom. The standard InChI is InChI=1S/C13H14O3S/c1-15-9-2-3-12-10(6-9)11(14)7-13(16-12)4-5-17-8-13/h2-3,6H,4-5,7-8H2,1H3. The van der Waals surface area contributed by atoms with Crippen molar-refractivity contribution in [2.75, 3.05) is 18.6 Å². The minimum atomic E-state index is -0.247. The van der Waals surface area contributed by atoms with Crippen LogP contribution in [0.1, 0.15) is 23.2 Å². The first-order valence-corrected chi connectivity index (χ1v) is 6.86. The molecule has 1 saturated heterocycles. The lowest BCUT2D eigenvalue weighted by atomic mass is 9.89. The molecular formula is C13H14O3S. The quantitative estimate of drug-likeness (QED) is 0.767. The van der Waals surface area contributed by atoms with Gasteiger partial charge < -0.3 is 9.47 Å². The van der Waals surface area contributed by atoms with E-state index in [1.807, 2.05) is 23.9 Å². The van der Waals surface area contributed by atoms with E-state index in [0.29, 0.717) is 23.5 Å². The van der Waals surface area contributed by atoms with Crippen LogP contribution >= 0.6 is 11.8 Å². The van der Waals surface area contributed by atoms with Gasteiger partial charge in [0.15, 0.2) is 5.78 Å². The fourth-order valence-electron chi connectivity index (χ4n) is 2.41. The average Bonchev–Trinajstić information content (AvgIpc) is 2.77. The van der Waals surface area contributed by atoms with Crippen LogP contribution in [0.3, 0.4) is 0 Å². The Morgan fingerprint density at radius 2 is 2.35 bits per heavy atom. The third-order valence-electron chi connectivity index (χ3n) is 3.36. The summed E-state index contributed by atoms with van der Waals surface area (Å²) in [5.74, 6) is 3.60. The highest BCUT2D eigenvalue weighted by atomic mass is 32.2. The second-order valence-electron chi connectivity index (χ2n) is 4.55. The normalized spacial score (nSPS) is 26.8. The zero-order valence-electron chi connectivity index (χ0n) is 9.69. The topological polar surface area (TPSA) is 35.5 Å². The molecule has 0 bridgehead atoms. The fraction of sp³-hybridized carbons (Fsp3) is 0.462. The zero-order valence-corrected chi connectivity index (χ0v) is 10.5. The van der Waals surface area contributed by atoms with E-state index in [-0.39, 0.29) is 11.4 Å². The van der Waals surface area contributed by atoms with Crippen LogP contribution in [0.2, 0.25) is 0 Å². The molecule has 0 amide bonds. The molecule has 2 aliphatic rings.